The number of carboxylic acid groups (broad SMARTS) is 1. The minimum Gasteiger partial charge on any atom is -0.474 e. The lowest BCUT2D eigenvalue weighted by Gasteiger charge is -2.30. The number of aromatic nitrogens is 1. The van der Waals surface area contributed by atoms with Gasteiger partial charge in [-0.05, 0) is 41.3 Å². The second-order valence-corrected chi connectivity index (χ2v) is 10.6. The molecule has 0 saturated carbocycles. The normalized spacial score (nSPS) is 16.1. The van der Waals surface area contributed by atoms with Gasteiger partial charge in [-0.1, -0.05) is 12.1 Å². The van der Waals surface area contributed by atoms with Gasteiger partial charge in [-0.25, -0.2) is 18.2 Å². The van der Waals surface area contributed by atoms with Crippen LogP contribution in [-0.4, -0.2) is 66.4 Å². The molecule has 0 spiro atoms. The number of ether oxygens (including phenoxy) is 1. The molecule has 2 heterocycles. The second kappa shape index (κ2) is 12.1. The first kappa shape index (κ1) is 30.0. The number of hydroxylamine groups is 2. The van der Waals surface area contributed by atoms with E-state index in [2.05, 4.69) is 15.1 Å². The fourth-order valence-corrected chi connectivity index (χ4v) is 4.58. The fraction of sp³-hybridized carbons (Fsp3) is 0.435. The molecule has 1 aromatic heterocycles. The van der Waals surface area contributed by atoms with E-state index in [-0.39, 0.29) is 54.4 Å². The number of hydrogen-bond acceptors (Lipinski definition) is 8. The Hall–Kier alpha value is -3.50. The van der Waals surface area contributed by atoms with Gasteiger partial charge >= 0.3 is 12.3 Å². The molecule has 0 aliphatic carbocycles. The molecule has 1 aliphatic rings. The highest BCUT2D eigenvalue weighted by atomic mass is 32.2. The van der Waals surface area contributed by atoms with E-state index < -0.39 is 50.5 Å². The smallest absolute Gasteiger partial charge is 0.474 e. The van der Waals surface area contributed by atoms with E-state index in [0.29, 0.717) is 0 Å². The second-order valence-electron chi connectivity index (χ2n) is 8.67. The maximum atomic E-state index is 13.4. The zero-order valence-corrected chi connectivity index (χ0v) is 21.6. The van der Waals surface area contributed by atoms with E-state index in [4.69, 9.17) is 9.84 Å². The van der Waals surface area contributed by atoms with E-state index in [9.17, 15) is 35.7 Å². The topological polar surface area (TPSA) is 138 Å². The Bertz CT molecular complexity index is 1300. The summed E-state index contributed by atoms with van der Waals surface area (Å²) < 4.78 is 82.7. The number of sulfonamides is 1. The zero-order valence-electron chi connectivity index (χ0n) is 20.8. The van der Waals surface area contributed by atoms with Crippen LogP contribution in [0.1, 0.15) is 42.5 Å². The van der Waals surface area contributed by atoms with E-state index in [1.807, 2.05) is 0 Å². The van der Waals surface area contributed by atoms with Crippen molar-refractivity contribution in [2.45, 2.75) is 49.4 Å². The number of hydrogen-bond donors (Lipinski definition) is 2. The Balaban J connectivity index is 1.73. The molecule has 1 atom stereocenters. The van der Waals surface area contributed by atoms with Crippen molar-refractivity contribution in [1.29, 1.82) is 0 Å². The molecule has 1 amide bonds. The highest BCUT2D eigenvalue weighted by Crippen LogP contribution is 2.31. The Kier molecular flexibility index (Phi) is 9.34. The van der Waals surface area contributed by atoms with Crippen LogP contribution in [0.5, 0.6) is 5.88 Å². The van der Waals surface area contributed by atoms with E-state index in [1.54, 1.807) is 0 Å². The fourth-order valence-electron chi connectivity index (χ4n) is 3.75. The van der Waals surface area contributed by atoms with Crippen LogP contribution in [0, 0.1) is 0 Å². The summed E-state index contributed by atoms with van der Waals surface area (Å²) in [6.45, 7) is 1.55. The molecule has 0 radical (unpaired) electrons. The molecule has 2 aromatic rings. The van der Waals surface area contributed by atoms with Crippen LogP contribution in [-0.2, 0) is 32.4 Å². The van der Waals surface area contributed by atoms with E-state index in [0.717, 1.165) is 25.2 Å². The van der Waals surface area contributed by atoms with Crippen LogP contribution in [0.2, 0.25) is 0 Å². The lowest BCUT2D eigenvalue weighted by molar-refractivity contribution is -0.143. The van der Waals surface area contributed by atoms with Gasteiger partial charge in [0.15, 0.2) is 0 Å². The van der Waals surface area contributed by atoms with Crippen LogP contribution in [0.4, 0.5) is 22.4 Å². The largest absolute Gasteiger partial charge is 0.525 e. The maximum Gasteiger partial charge on any atom is 0.525 e. The molecule has 39 heavy (non-hydrogen) atoms. The highest BCUT2D eigenvalue weighted by Gasteiger charge is 2.34. The number of pyridine rings is 1. The van der Waals surface area contributed by atoms with Crippen LogP contribution in [0.15, 0.2) is 41.3 Å². The van der Waals surface area contributed by atoms with Gasteiger partial charge in [0.25, 0.3) is 10.0 Å². The third-order valence-corrected chi connectivity index (χ3v) is 7.46. The molecule has 1 aliphatic heterocycles. The van der Waals surface area contributed by atoms with Gasteiger partial charge in [0, 0.05) is 45.1 Å². The first-order valence-corrected chi connectivity index (χ1v) is 13.0. The van der Waals surface area contributed by atoms with Gasteiger partial charge in [0.1, 0.15) is 11.8 Å². The number of halogens is 4. The molecule has 11 nitrogen and oxygen atoms in total. The van der Waals surface area contributed by atoms with Crippen LogP contribution < -0.4 is 10.1 Å². The molecule has 1 unspecified atom stereocenters. The van der Waals surface area contributed by atoms with Crippen molar-refractivity contribution in [2.75, 3.05) is 20.1 Å². The lowest BCUT2D eigenvalue weighted by atomic mass is 10.0. The van der Waals surface area contributed by atoms with Crippen molar-refractivity contribution >= 4 is 22.1 Å². The van der Waals surface area contributed by atoms with Crippen LogP contribution in [0.25, 0.3) is 0 Å². The maximum absolute atomic E-state index is 13.4. The molecule has 16 heteroatoms. The molecular weight excluding hydrogens is 552 g/mol. The number of alkyl halides is 3. The van der Waals surface area contributed by atoms with Crippen molar-refractivity contribution in [3.8, 4) is 5.88 Å². The summed E-state index contributed by atoms with van der Waals surface area (Å²) >= 11 is 0. The van der Waals surface area contributed by atoms with Crippen molar-refractivity contribution < 1.29 is 50.3 Å². The summed E-state index contributed by atoms with van der Waals surface area (Å²) in [4.78, 5) is 31.3. The van der Waals surface area contributed by atoms with Crippen molar-refractivity contribution in [1.82, 2.24) is 19.9 Å². The number of piperidine rings is 1. The van der Waals surface area contributed by atoms with Gasteiger partial charge in [0.2, 0.25) is 11.8 Å². The van der Waals surface area contributed by atoms with Gasteiger partial charge in [0.05, 0.1) is 10.8 Å². The minimum absolute atomic E-state index is 0.156. The molecule has 214 valence electrons. The average molecular weight is 579 g/mol. The van der Waals surface area contributed by atoms with E-state index in [1.165, 1.54) is 30.2 Å². The monoisotopic (exact) mass is 578 g/mol. The van der Waals surface area contributed by atoms with Gasteiger partial charge in [-0.15, -0.1) is 9.54 Å². The Morgan fingerprint density at radius 1 is 1.23 bits per heavy atom. The molecule has 2 N–H and O–H groups in total. The van der Waals surface area contributed by atoms with Crippen molar-refractivity contribution in [3.63, 3.8) is 0 Å². The Morgan fingerprint density at radius 3 is 2.49 bits per heavy atom. The summed E-state index contributed by atoms with van der Waals surface area (Å²) in [6.07, 6.45) is -6.31. The molecule has 1 fully saturated rings. The number of benzene rings is 1. The quantitative estimate of drug-likeness (QED) is 0.338. The first-order valence-electron chi connectivity index (χ1n) is 11.6. The summed E-state index contributed by atoms with van der Waals surface area (Å²) in [5, 5.41) is 12.5. The van der Waals surface area contributed by atoms with Gasteiger partial charge < -0.3 is 20.0 Å². The summed E-state index contributed by atoms with van der Waals surface area (Å²) in [6, 6.07) is 7.05. The summed E-state index contributed by atoms with van der Waals surface area (Å²) in [5.74, 6) is -1.81. The third kappa shape index (κ3) is 7.77. The van der Waals surface area contributed by atoms with Crippen molar-refractivity contribution in [3.05, 3.63) is 53.2 Å². The number of rotatable bonds is 9. The first-order chi connectivity index (χ1) is 18.2. The van der Waals surface area contributed by atoms with E-state index >= 15 is 0 Å². The number of carbonyl (C=O) groups is 2. The third-order valence-electron chi connectivity index (χ3n) is 5.95. The lowest BCUT2D eigenvalue weighted by Crippen LogP contribution is -2.39. The standard InChI is InChI=1S/C23H26F4N4O7S/c1-14(15-4-3-5-18(12-15)39(35,36)30(2)27)20(32)28-13-16-6-7-19(23(24,25)26)29-21(16)37-17-8-10-31(11-9-17)38-22(33)34/h3-7,12,14,17H,8-11,13H2,1-2H3,(H,28,32)(H,33,34). The molecule has 1 saturated heterocycles. The minimum atomic E-state index is -4.74. The number of amides is 1. The molecular formula is C23H26F4N4O7S. The van der Waals surface area contributed by atoms with Crippen molar-refractivity contribution in [2.24, 2.45) is 0 Å². The Morgan fingerprint density at radius 2 is 1.90 bits per heavy atom. The SMILES string of the molecule is CC(C(=O)NCc1ccc(C(F)(F)F)nc1OC1CCN(OC(=O)O)CC1)c1cccc(S(=O)(=O)N(C)F)c1. The van der Waals surface area contributed by atoms with Gasteiger partial charge in [-0.3, -0.25) is 4.79 Å². The molecule has 0 bridgehead atoms. The summed E-state index contributed by atoms with van der Waals surface area (Å²) in [7, 11) is -3.66. The average Bonchev–Trinajstić information content (AvgIpc) is 2.87. The zero-order chi connectivity index (χ0) is 29.0. The number of nitrogens with zero attached hydrogens (tertiary/aromatic N) is 3. The van der Waals surface area contributed by atoms with Crippen LogP contribution in [0.3, 0.4) is 0 Å². The predicted molar refractivity (Wildman–Crippen MR) is 126 cm³/mol. The predicted octanol–water partition coefficient (Wildman–Crippen LogP) is 3.48. The molecule has 3 rings (SSSR count). The highest BCUT2D eigenvalue weighted by molar-refractivity contribution is 7.89. The number of nitrogens with one attached hydrogen (secondary N) is 1. The van der Waals surface area contributed by atoms with Crippen LogP contribution >= 0.6 is 0 Å². The Labute approximate surface area is 221 Å². The summed E-state index contributed by atoms with van der Waals surface area (Å²) in [5.41, 5.74) is -0.764. The number of carbonyl (C=O) groups excluding carboxylic acids is 1. The molecule has 1 aromatic carbocycles. The van der Waals surface area contributed by atoms with Gasteiger partial charge in [-0.2, -0.15) is 13.2 Å².